The zero-order valence-electron chi connectivity index (χ0n) is 24.2. The summed E-state index contributed by atoms with van der Waals surface area (Å²) < 4.78 is 33.4. The number of aliphatic carboxylic acids is 1. The highest BCUT2D eigenvalue weighted by Crippen LogP contribution is 2.51. The number of carbonyl (C=O) groups excluding carboxylic acids is 2. The number of amides is 2. The monoisotopic (exact) mass is 670 g/mol. The van der Waals surface area contributed by atoms with Crippen molar-refractivity contribution in [1.29, 1.82) is 5.41 Å². The van der Waals surface area contributed by atoms with E-state index in [0.29, 0.717) is 12.8 Å². The molecule has 0 radical (unpaired) electrons. The standard InChI is InChI=1S/C24H39N4O16P/c1-3-4-9(2)21(35)28-14-10(30)5-24(23(37)38,43-20(14)16(32)11(31)7-29)44-45(39,40)41-8-12-17(33)18(34)19(42-12)15-22(36)27-13(25)6-26-15/h6,9-12,14-20,29-34H,3-5,7-8H2,1-2H3,(H,28,35)(H,37,38)(H,39,40)(H2,25,27,36)/t9?,10?,11?,12-,14?,15?,16?,17-,18-,19+,20?,24?/m1/s1. The molecule has 2 fully saturated rings. The van der Waals surface area contributed by atoms with Gasteiger partial charge in [0, 0.05) is 12.3 Å². The minimum Gasteiger partial charge on any atom is -0.477 e. The summed E-state index contributed by atoms with van der Waals surface area (Å²) in [4.78, 5) is 51.4. The third kappa shape index (κ3) is 8.47. The first-order chi connectivity index (χ1) is 21.0. The summed E-state index contributed by atoms with van der Waals surface area (Å²) in [6, 6.07) is -2.97. The lowest BCUT2D eigenvalue weighted by Gasteiger charge is -2.46. The van der Waals surface area contributed by atoms with Gasteiger partial charge in [-0.2, -0.15) is 0 Å². The van der Waals surface area contributed by atoms with Crippen LogP contribution in [-0.2, 0) is 37.5 Å². The molecule has 13 atom stereocenters. The number of aliphatic hydroxyl groups is 6. The second-order valence-electron chi connectivity index (χ2n) is 11.0. The minimum absolute atomic E-state index is 0.328. The van der Waals surface area contributed by atoms with Crippen LogP contribution in [0.5, 0.6) is 0 Å². The van der Waals surface area contributed by atoms with Gasteiger partial charge >= 0.3 is 13.8 Å². The zero-order chi connectivity index (χ0) is 33.9. The topological polar surface area (TPSA) is 327 Å². The molecule has 21 heteroatoms. The number of aliphatic hydroxyl groups excluding tert-OH is 6. The van der Waals surface area contributed by atoms with Crippen molar-refractivity contribution in [3.05, 3.63) is 0 Å². The lowest BCUT2D eigenvalue weighted by Crippen LogP contribution is -2.68. The molecular weight excluding hydrogens is 631 g/mol. The van der Waals surface area contributed by atoms with Crippen LogP contribution in [0.25, 0.3) is 0 Å². The Balaban J connectivity index is 1.78. The van der Waals surface area contributed by atoms with Crippen molar-refractivity contribution in [2.45, 2.75) is 99.8 Å². The highest BCUT2D eigenvalue weighted by molar-refractivity contribution is 7.47. The van der Waals surface area contributed by atoms with Crippen LogP contribution >= 0.6 is 7.82 Å². The van der Waals surface area contributed by atoms with Crippen LogP contribution in [0.15, 0.2) is 4.99 Å². The normalized spacial score (nSPS) is 36.9. The van der Waals surface area contributed by atoms with Gasteiger partial charge in [0.25, 0.3) is 11.7 Å². The summed E-state index contributed by atoms with van der Waals surface area (Å²) in [5.41, 5.74) is 0. The number of hydrogen-bond acceptors (Lipinski definition) is 16. The lowest BCUT2D eigenvalue weighted by molar-refractivity contribution is -0.289. The zero-order valence-corrected chi connectivity index (χ0v) is 25.1. The third-order valence-electron chi connectivity index (χ3n) is 7.56. The van der Waals surface area contributed by atoms with Crippen LogP contribution in [0, 0.1) is 11.3 Å². The molecule has 0 aromatic carbocycles. The number of ether oxygens (including phenoxy) is 2. The minimum atomic E-state index is -5.54. The van der Waals surface area contributed by atoms with E-state index in [4.69, 9.17) is 23.9 Å². The number of phosphoric ester groups is 1. The number of carboxylic acids is 1. The van der Waals surface area contributed by atoms with Gasteiger partial charge in [-0.25, -0.2) is 13.9 Å². The summed E-state index contributed by atoms with van der Waals surface area (Å²) in [6.45, 7) is 1.32. The first-order valence-electron chi connectivity index (χ1n) is 14.0. The van der Waals surface area contributed by atoms with E-state index in [2.05, 4.69) is 15.6 Å². The Hall–Kier alpha value is -2.46. The van der Waals surface area contributed by atoms with Crippen molar-refractivity contribution in [1.82, 2.24) is 10.6 Å². The fourth-order valence-electron chi connectivity index (χ4n) is 5.11. The van der Waals surface area contributed by atoms with Crippen molar-refractivity contribution >= 4 is 37.7 Å². The largest absolute Gasteiger partial charge is 0.477 e. The van der Waals surface area contributed by atoms with Gasteiger partial charge in [-0.3, -0.25) is 24.5 Å². The predicted octanol–water partition coefficient (Wildman–Crippen LogP) is -4.28. The van der Waals surface area contributed by atoms with Crippen LogP contribution in [0.2, 0.25) is 0 Å². The van der Waals surface area contributed by atoms with Gasteiger partial charge in [0.05, 0.1) is 31.6 Å². The Labute approximate surface area is 256 Å². The van der Waals surface area contributed by atoms with Gasteiger partial charge < -0.3 is 60.7 Å². The van der Waals surface area contributed by atoms with E-state index in [1.54, 1.807) is 6.92 Å². The van der Waals surface area contributed by atoms with Gasteiger partial charge in [-0.1, -0.05) is 20.3 Å². The number of phosphoric acid groups is 1. The first-order valence-corrected chi connectivity index (χ1v) is 15.4. The van der Waals surface area contributed by atoms with Crippen molar-refractivity contribution in [2.75, 3.05) is 13.2 Å². The Morgan fingerprint density at radius 3 is 2.53 bits per heavy atom. The van der Waals surface area contributed by atoms with Crippen molar-refractivity contribution in [2.24, 2.45) is 10.9 Å². The highest BCUT2D eigenvalue weighted by Gasteiger charge is 2.59. The molecule has 2 amide bonds. The van der Waals surface area contributed by atoms with E-state index < -0.39 is 118 Å². The number of carboxylic acid groups (broad SMARTS) is 1. The van der Waals surface area contributed by atoms with E-state index in [0.717, 1.165) is 6.21 Å². The van der Waals surface area contributed by atoms with Crippen molar-refractivity contribution in [3.63, 3.8) is 0 Å². The average molecular weight is 671 g/mol. The fraction of sp³-hybridized carbons (Fsp3) is 0.792. The maximum atomic E-state index is 13.0. The number of carbonyl (C=O) groups is 3. The summed E-state index contributed by atoms with van der Waals surface area (Å²) in [5.74, 6) is -7.67. The predicted molar refractivity (Wildman–Crippen MR) is 147 cm³/mol. The Bertz CT molecular complexity index is 1190. The van der Waals surface area contributed by atoms with Crippen molar-refractivity contribution < 1.29 is 78.1 Å². The van der Waals surface area contributed by atoms with Gasteiger partial charge in [-0.05, 0) is 6.42 Å². The highest BCUT2D eigenvalue weighted by atomic mass is 31.2. The van der Waals surface area contributed by atoms with Gasteiger partial charge in [0.1, 0.15) is 48.6 Å². The molecule has 0 aromatic rings. The lowest BCUT2D eigenvalue weighted by atomic mass is 9.88. The molecule has 3 aliphatic rings. The molecule has 0 aromatic heterocycles. The number of nitrogens with zero attached hydrogens (tertiary/aromatic N) is 1. The van der Waals surface area contributed by atoms with E-state index in [9.17, 15) is 59.6 Å². The average Bonchev–Trinajstić information content (AvgIpc) is 3.24. The molecule has 0 bridgehead atoms. The number of amidine groups is 1. The van der Waals surface area contributed by atoms with E-state index in [1.165, 1.54) is 0 Å². The Morgan fingerprint density at radius 1 is 1.29 bits per heavy atom. The van der Waals surface area contributed by atoms with Gasteiger partial charge in [0.2, 0.25) is 5.91 Å². The molecule has 11 N–H and O–H groups in total. The van der Waals surface area contributed by atoms with Crippen LogP contribution < -0.4 is 10.6 Å². The summed E-state index contributed by atoms with van der Waals surface area (Å²) in [6.07, 6.45) is -13.7. The molecular formula is C24H39N4O16P. The number of aliphatic imine (C=N–C) groups is 1. The van der Waals surface area contributed by atoms with Crippen LogP contribution in [0.4, 0.5) is 0 Å². The number of nitrogens with one attached hydrogen (secondary N) is 3. The van der Waals surface area contributed by atoms with E-state index >= 15 is 0 Å². The molecule has 0 spiro atoms. The van der Waals surface area contributed by atoms with E-state index in [1.807, 2.05) is 6.92 Å². The molecule has 3 rings (SSSR count). The summed E-state index contributed by atoms with van der Waals surface area (Å²) in [7, 11) is -5.54. The van der Waals surface area contributed by atoms with Gasteiger partial charge in [0.15, 0.2) is 6.04 Å². The SMILES string of the molecule is CCCC(C)C(=O)NC1C(O)CC(OP(=O)(O)OC[C@H]2O[C@@H](C3N=CC(=N)NC3=O)[C@H](O)[C@@H]2O)(C(=O)O)OC1C(O)C(O)CO. The molecule has 256 valence electrons. The van der Waals surface area contributed by atoms with Gasteiger partial charge in [-0.15, -0.1) is 0 Å². The second kappa shape index (κ2) is 15.0. The van der Waals surface area contributed by atoms with Crippen LogP contribution in [-0.4, -0.2) is 150 Å². The summed E-state index contributed by atoms with van der Waals surface area (Å²) >= 11 is 0. The molecule has 45 heavy (non-hydrogen) atoms. The smallest absolute Gasteiger partial charge is 0.475 e. The molecule has 20 nitrogen and oxygen atoms in total. The fourth-order valence-corrected chi connectivity index (χ4v) is 6.06. The van der Waals surface area contributed by atoms with Crippen LogP contribution in [0.1, 0.15) is 33.1 Å². The number of rotatable bonds is 14. The van der Waals surface area contributed by atoms with Crippen molar-refractivity contribution in [3.8, 4) is 0 Å². The second-order valence-corrected chi connectivity index (χ2v) is 12.4. The van der Waals surface area contributed by atoms with E-state index in [-0.39, 0.29) is 5.84 Å². The quantitative estimate of drug-likeness (QED) is 0.0779. The number of hydrogen-bond donors (Lipinski definition) is 11. The Morgan fingerprint density at radius 2 is 1.96 bits per heavy atom. The molecule has 0 aliphatic carbocycles. The first kappa shape index (κ1) is 37.0. The van der Waals surface area contributed by atoms with Crippen LogP contribution in [0.3, 0.4) is 0 Å². The molecule has 2 saturated heterocycles. The summed E-state index contributed by atoms with van der Waals surface area (Å²) in [5, 5.41) is 83.6. The Kier molecular flexibility index (Phi) is 12.3. The molecule has 9 unspecified atom stereocenters. The third-order valence-corrected chi connectivity index (χ3v) is 8.56. The maximum absolute atomic E-state index is 13.0. The maximum Gasteiger partial charge on any atom is 0.475 e. The molecule has 3 heterocycles. The molecule has 3 aliphatic heterocycles. The molecule has 0 saturated carbocycles.